The third kappa shape index (κ3) is 2.85. The Balaban J connectivity index is 2.60. The molecule has 5 nitrogen and oxygen atoms in total. The largest absolute Gasteiger partial charge is 0.351 e. The lowest BCUT2D eigenvalue weighted by Crippen LogP contribution is -2.31. The number of hydrogen-bond acceptors (Lipinski definition) is 3. The van der Waals surface area contributed by atoms with Gasteiger partial charge in [-0.2, -0.15) is 0 Å². The summed E-state index contributed by atoms with van der Waals surface area (Å²) < 4.78 is 1.23. The minimum atomic E-state index is -0.242. The number of amides is 1. The Kier molecular flexibility index (Phi) is 3.60. The third-order valence-electron chi connectivity index (χ3n) is 1.55. The fourth-order valence-corrected chi connectivity index (χ4v) is 0.894. The van der Waals surface area contributed by atoms with Crippen LogP contribution in [0.2, 0.25) is 0 Å². The van der Waals surface area contributed by atoms with E-state index in [0.717, 1.165) is 0 Å². The average Bonchev–Trinajstić information content (AvgIpc) is 2.18. The second kappa shape index (κ2) is 4.96. The molecular weight excluding hydrogens is 182 g/mol. The number of aromatic nitrogens is 2. The summed E-state index contributed by atoms with van der Waals surface area (Å²) in [6.45, 7) is 3.84. The zero-order valence-electron chi connectivity index (χ0n) is 7.64. The highest BCUT2D eigenvalue weighted by molar-refractivity contribution is 5.75. The summed E-state index contributed by atoms with van der Waals surface area (Å²) in [6, 6.07) is 1.31. The summed E-state index contributed by atoms with van der Waals surface area (Å²) >= 11 is 0. The van der Waals surface area contributed by atoms with Gasteiger partial charge in [0.05, 0.1) is 6.33 Å². The van der Waals surface area contributed by atoms with E-state index < -0.39 is 0 Å². The number of carbonyl (C=O) groups is 1. The van der Waals surface area contributed by atoms with Gasteiger partial charge in [-0.25, -0.2) is 4.98 Å². The molecule has 0 saturated carbocycles. The van der Waals surface area contributed by atoms with Gasteiger partial charge in [0.25, 0.3) is 5.56 Å². The molecule has 0 aliphatic rings. The van der Waals surface area contributed by atoms with Crippen molar-refractivity contribution in [3.05, 3.63) is 41.6 Å². The molecule has 0 saturated heterocycles. The standard InChI is InChI=1S/C9H11N3O2/c1-2-4-11-8(13)6-12-7-10-5-3-9(12)14/h2-3,5,7H,1,4,6H2,(H,11,13). The molecule has 0 spiro atoms. The van der Waals surface area contributed by atoms with E-state index in [2.05, 4.69) is 16.9 Å². The molecule has 0 aromatic carbocycles. The SMILES string of the molecule is C=CCNC(=O)Cn1cnccc1=O. The van der Waals surface area contributed by atoms with Crippen LogP contribution in [-0.2, 0) is 11.3 Å². The Morgan fingerprint density at radius 1 is 1.71 bits per heavy atom. The zero-order valence-corrected chi connectivity index (χ0v) is 7.64. The van der Waals surface area contributed by atoms with Crippen molar-refractivity contribution in [1.29, 1.82) is 0 Å². The molecule has 1 aromatic rings. The maximum absolute atomic E-state index is 11.2. The molecule has 0 bridgehead atoms. The third-order valence-corrected chi connectivity index (χ3v) is 1.55. The van der Waals surface area contributed by atoms with Crippen LogP contribution in [0.25, 0.3) is 0 Å². The van der Waals surface area contributed by atoms with Crippen molar-refractivity contribution in [1.82, 2.24) is 14.9 Å². The Hall–Kier alpha value is -1.91. The summed E-state index contributed by atoms with van der Waals surface area (Å²) in [5, 5.41) is 2.56. The maximum atomic E-state index is 11.2. The molecular formula is C9H11N3O2. The first-order valence-corrected chi connectivity index (χ1v) is 4.12. The molecule has 1 aromatic heterocycles. The van der Waals surface area contributed by atoms with Crippen LogP contribution < -0.4 is 10.9 Å². The van der Waals surface area contributed by atoms with E-state index in [1.54, 1.807) is 6.08 Å². The van der Waals surface area contributed by atoms with Crippen LogP contribution >= 0.6 is 0 Å². The molecule has 74 valence electrons. The Morgan fingerprint density at radius 3 is 3.14 bits per heavy atom. The fourth-order valence-electron chi connectivity index (χ4n) is 0.894. The highest BCUT2D eigenvalue weighted by Gasteiger charge is 2.01. The van der Waals surface area contributed by atoms with E-state index in [4.69, 9.17) is 0 Å². The molecule has 1 rings (SSSR count). The van der Waals surface area contributed by atoms with Crippen molar-refractivity contribution in [2.45, 2.75) is 6.54 Å². The minimum absolute atomic E-state index is 0.0134. The highest BCUT2D eigenvalue weighted by Crippen LogP contribution is 1.78. The van der Waals surface area contributed by atoms with Crippen molar-refractivity contribution in [3.63, 3.8) is 0 Å². The fraction of sp³-hybridized carbons (Fsp3) is 0.222. The molecule has 0 unspecified atom stereocenters. The van der Waals surface area contributed by atoms with E-state index in [9.17, 15) is 9.59 Å². The van der Waals surface area contributed by atoms with Gasteiger partial charge in [-0.15, -0.1) is 6.58 Å². The molecule has 5 heteroatoms. The molecule has 0 atom stereocenters. The summed E-state index contributed by atoms with van der Waals surface area (Å²) in [4.78, 5) is 26.1. The second-order valence-corrected chi connectivity index (χ2v) is 2.64. The molecule has 0 aliphatic carbocycles. The van der Waals surface area contributed by atoms with Gasteiger partial charge in [-0.05, 0) is 0 Å². The monoisotopic (exact) mass is 193 g/mol. The van der Waals surface area contributed by atoms with Crippen LogP contribution in [0.3, 0.4) is 0 Å². The van der Waals surface area contributed by atoms with Gasteiger partial charge in [-0.3, -0.25) is 14.2 Å². The second-order valence-electron chi connectivity index (χ2n) is 2.64. The van der Waals surface area contributed by atoms with Gasteiger partial charge in [-0.1, -0.05) is 6.08 Å². The van der Waals surface area contributed by atoms with Crippen LogP contribution in [0.15, 0.2) is 36.0 Å². The molecule has 0 fully saturated rings. The van der Waals surface area contributed by atoms with Crippen molar-refractivity contribution in [2.24, 2.45) is 0 Å². The minimum Gasteiger partial charge on any atom is -0.351 e. The van der Waals surface area contributed by atoms with Gasteiger partial charge >= 0.3 is 0 Å². The lowest BCUT2D eigenvalue weighted by Gasteiger charge is -2.03. The molecule has 1 amide bonds. The predicted molar refractivity (Wildman–Crippen MR) is 51.7 cm³/mol. The first-order valence-electron chi connectivity index (χ1n) is 4.12. The van der Waals surface area contributed by atoms with E-state index in [1.807, 2.05) is 0 Å². The van der Waals surface area contributed by atoms with Gasteiger partial charge in [0.1, 0.15) is 6.54 Å². The van der Waals surface area contributed by atoms with Crippen LogP contribution in [-0.4, -0.2) is 22.0 Å². The number of nitrogens with zero attached hydrogens (tertiary/aromatic N) is 2. The van der Waals surface area contributed by atoms with E-state index >= 15 is 0 Å². The molecule has 0 aliphatic heterocycles. The number of hydrogen-bond donors (Lipinski definition) is 1. The topological polar surface area (TPSA) is 64.0 Å². The van der Waals surface area contributed by atoms with Gasteiger partial charge in [0, 0.05) is 18.8 Å². The van der Waals surface area contributed by atoms with Crippen molar-refractivity contribution in [2.75, 3.05) is 6.54 Å². The lowest BCUT2D eigenvalue weighted by molar-refractivity contribution is -0.121. The van der Waals surface area contributed by atoms with Gasteiger partial charge in [0.2, 0.25) is 5.91 Å². The molecule has 14 heavy (non-hydrogen) atoms. The average molecular weight is 193 g/mol. The summed E-state index contributed by atoms with van der Waals surface area (Å²) in [7, 11) is 0. The normalized spacial score (nSPS) is 9.43. The van der Waals surface area contributed by atoms with E-state index in [1.165, 1.54) is 23.2 Å². The van der Waals surface area contributed by atoms with Crippen molar-refractivity contribution >= 4 is 5.91 Å². The summed E-state index contributed by atoms with van der Waals surface area (Å²) in [5.74, 6) is -0.236. The van der Waals surface area contributed by atoms with Gasteiger partial charge in [0.15, 0.2) is 0 Å². The zero-order chi connectivity index (χ0) is 10.4. The van der Waals surface area contributed by atoms with Crippen LogP contribution in [0.1, 0.15) is 0 Å². The Morgan fingerprint density at radius 2 is 2.50 bits per heavy atom. The quantitative estimate of drug-likeness (QED) is 0.658. The number of nitrogens with one attached hydrogen (secondary N) is 1. The van der Waals surface area contributed by atoms with Gasteiger partial charge < -0.3 is 5.32 Å². The smallest absolute Gasteiger partial charge is 0.253 e. The summed E-state index contributed by atoms with van der Waals surface area (Å²) in [5.41, 5.74) is -0.242. The van der Waals surface area contributed by atoms with E-state index in [-0.39, 0.29) is 18.0 Å². The Bertz CT molecular complexity index is 384. The first kappa shape index (κ1) is 10.2. The molecule has 1 heterocycles. The van der Waals surface area contributed by atoms with Crippen LogP contribution in [0.4, 0.5) is 0 Å². The lowest BCUT2D eigenvalue weighted by atomic mass is 10.5. The number of rotatable bonds is 4. The maximum Gasteiger partial charge on any atom is 0.253 e. The van der Waals surface area contributed by atoms with E-state index in [0.29, 0.717) is 6.54 Å². The number of carbonyl (C=O) groups excluding carboxylic acids is 1. The van der Waals surface area contributed by atoms with Crippen molar-refractivity contribution < 1.29 is 4.79 Å². The first-order chi connectivity index (χ1) is 6.74. The molecule has 1 N–H and O–H groups in total. The summed E-state index contributed by atoms with van der Waals surface area (Å²) in [6.07, 6.45) is 4.29. The van der Waals surface area contributed by atoms with Crippen molar-refractivity contribution in [3.8, 4) is 0 Å². The van der Waals surface area contributed by atoms with Crippen LogP contribution in [0.5, 0.6) is 0 Å². The Labute approximate surface area is 81.1 Å². The highest BCUT2D eigenvalue weighted by atomic mass is 16.2. The van der Waals surface area contributed by atoms with Crippen LogP contribution in [0, 0.1) is 0 Å². The predicted octanol–water partition coefficient (Wildman–Crippen LogP) is -0.455. The molecule has 0 radical (unpaired) electrons.